The van der Waals surface area contributed by atoms with E-state index in [4.69, 9.17) is 0 Å². The summed E-state index contributed by atoms with van der Waals surface area (Å²) in [5.74, 6) is -2.60. The number of nitrogens with zero attached hydrogens (tertiary/aromatic N) is 1. The Balaban J connectivity index is 2.00. The fourth-order valence-corrected chi connectivity index (χ4v) is 2.20. The number of aromatic nitrogens is 1. The third-order valence-electron chi connectivity index (χ3n) is 3.23. The van der Waals surface area contributed by atoms with E-state index in [1.807, 2.05) is 0 Å². The molecule has 0 aromatic carbocycles. The van der Waals surface area contributed by atoms with Crippen LogP contribution in [0.15, 0.2) is 24.5 Å². The number of rotatable bonds is 2. The van der Waals surface area contributed by atoms with Crippen LogP contribution in [0.1, 0.15) is 37.4 Å². The SMILES string of the molecule is OC(c1cccnc1)C1CCC(F)(F)CC1. The molecular formula is C12H15F2NO. The highest BCUT2D eigenvalue weighted by Gasteiger charge is 2.37. The van der Waals surface area contributed by atoms with E-state index >= 15 is 0 Å². The Kier molecular flexibility index (Phi) is 3.19. The van der Waals surface area contributed by atoms with Crippen LogP contribution < -0.4 is 0 Å². The number of hydrogen-bond acceptors (Lipinski definition) is 2. The summed E-state index contributed by atoms with van der Waals surface area (Å²) in [6, 6.07) is 3.53. The molecular weight excluding hydrogens is 212 g/mol. The zero-order valence-corrected chi connectivity index (χ0v) is 8.94. The zero-order chi connectivity index (χ0) is 11.6. The number of aliphatic hydroxyl groups excluding tert-OH is 1. The smallest absolute Gasteiger partial charge is 0.248 e. The summed E-state index contributed by atoms with van der Waals surface area (Å²) in [5.41, 5.74) is 0.720. The minimum atomic E-state index is -2.54. The van der Waals surface area contributed by atoms with Crippen LogP contribution in [0.3, 0.4) is 0 Å². The van der Waals surface area contributed by atoms with Crippen molar-refractivity contribution in [1.29, 1.82) is 0 Å². The highest BCUT2D eigenvalue weighted by Crippen LogP contribution is 2.41. The summed E-state index contributed by atoms with van der Waals surface area (Å²) < 4.78 is 25.9. The molecule has 2 rings (SSSR count). The van der Waals surface area contributed by atoms with Gasteiger partial charge >= 0.3 is 0 Å². The van der Waals surface area contributed by atoms with Crippen LogP contribution in [0.25, 0.3) is 0 Å². The fraction of sp³-hybridized carbons (Fsp3) is 0.583. The molecule has 1 aliphatic carbocycles. The normalized spacial score (nSPS) is 22.9. The number of alkyl halides is 2. The van der Waals surface area contributed by atoms with Crippen LogP contribution in [-0.2, 0) is 0 Å². The van der Waals surface area contributed by atoms with Crippen molar-refractivity contribution >= 4 is 0 Å². The number of halogens is 2. The Labute approximate surface area is 93.3 Å². The molecule has 88 valence electrons. The molecule has 1 unspecified atom stereocenters. The molecule has 0 saturated heterocycles. The lowest BCUT2D eigenvalue weighted by molar-refractivity contribution is -0.0627. The molecule has 4 heteroatoms. The van der Waals surface area contributed by atoms with Gasteiger partial charge in [-0.05, 0) is 30.4 Å². The molecule has 2 nitrogen and oxygen atoms in total. The highest BCUT2D eigenvalue weighted by molar-refractivity contribution is 5.13. The second-order valence-corrected chi connectivity index (χ2v) is 4.42. The van der Waals surface area contributed by atoms with E-state index in [9.17, 15) is 13.9 Å². The molecule has 16 heavy (non-hydrogen) atoms. The van der Waals surface area contributed by atoms with Crippen LogP contribution in [0.4, 0.5) is 8.78 Å². The highest BCUT2D eigenvalue weighted by atomic mass is 19.3. The molecule has 1 aromatic rings. The van der Waals surface area contributed by atoms with Crippen molar-refractivity contribution in [3.05, 3.63) is 30.1 Å². The maximum absolute atomic E-state index is 12.9. The monoisotopic (exact) mass is 227 g/mol. The first-order valence-corrected chi connectivity index (χ1v) is 5.54. The van der Waals surface area contributed by atoms with Gasteiger partial charge in [0.05, 0.1) is 6.10 Å². The summed E-state index contributed by atoms with van der Waals surface area (Å²) in [7, 11) is 0. The lowest BCUT2D eigenvalue weighted by atomic mass is 9.81. The van der Waals surface area contributed by atoms with E-state index in [0.717, 1.165) is 5.56 Å². The largest absolute Gasteiger partial charge is 0.388 e. The van der Waals surface area contributed by atoms with Crippen molar-refractivity contribution in [3.63, 3.8) is 0 Å². The molecule has 1 saturated carbocycles. The summed E-state index contributed by atoms with van der Waals surface area (Å²) in [5, 5.41) is 10.0. The van der Waals surface area contributed by atoms with Gasteiger partial charge in [-0.25, -0.2) is 8.78 Å². The Morgan fingerprint density at radius 2 is 2.06 bits per heavy atom. The quantitative estimate of drug-likeness (QED) is 0.842. The van der Waals surface area contributed by atoms with Crippen LogP contribution in [-0.4, -0.2) is 16.0 Å². The van der Waals surface area contributed by atoms with E-state index in [1.54, 1.807) is 24.5 Å². The molecule has 1 aromatic heterocycles. The van der Waals surface area contributed by atoms with Crippen molar-refractivity contribution in [2.75, 3.05) is 0 Å². The molecule has 0 aliphatic heterocycles. The third-order valence-corrected chi connectivity index (χ3v) is 3.23. The van der Waals surface area contributed by atoms with Gasteiger partial charge in [-0.3, -0.25) is 4.98 Å². The van der Waals surface area contributed by atoms with Crippen LogP contribution in [0.2, 0.25) is 0 Å². The maximum atomic E-state index is 12.9. The third kappa shape index (κ3) is 2.55. The Hall–Kier alpha value is -1.03. The molecule has 1 atom stereocenters. The molecule has 1 aliphatic rings. The second kappa shape index (κ2) is 4.45. The summed E-state index contributed by atoms with van der Waals surface area (Å²) in [4.78, 5) is 3.92. The maximum Gasteiger partial charge on any atom is 0.248 e. The predicted octanol–water partition coefficient (Wildman–Crippen LogP) is 2.94. The van der Waals surface area contributed by atoms with Crippen molar-refractivity contribution in [2.24, 2.45) is 5.92 Å². The summed E-state index contributed by atoms with van der Waals surface area (Å²) in [6.45, 7) is 0. The molecule has 0 bridgehead atoms. The first-order valence-electron chi connectivity index (χ1n) is 5.54. The van der Waals surface area contributed by atoms with E-state index in [0.29, 0.717) is 12.8 Å². The predicted molar refractivity (Wildman–Crippen MR) is 56.1 cm³/mol. The number of aliphatic hydroxyl groups is 1. The van der Waals surface area contributed by atoms with E-state index in [-0.39, 0.29) is 18.8 Å². The van der Waals surface area contributed by atoms with Crippen molar-refractivity contribution in [3.8, 4) is 0 Å². The minimum Gasteiger partial charge on any atom is -0.388 e. The summed E-state index contributed by atoms with van der Waals surface area (Å²) >= 11 is 0. The number of pyridine rings is 1. The van der Waals surface area contributed by atoms with Crippen molar-refractivity contribution in [2.45, 2.75) is 37.7 Å². The van der Waals surface area contributed by atoms with Gasteiger partial charge in [0, 0.05) is 25.2 Å². The van der Waals surface area contributed by atoms with Crippen LogP contribution in [0.5, 0.6) is 0 Å². The zero-order valence-electron chi connectivity index (χ0n) is 8.94. The first-order chi connectivity index (χ1) is 7.58. The molecule has 0 amide bonds. The van der Waals surface area contributed by atoms with Gasteiger partial charge in [0.15, 0.2) is 0 Å². The number of hydrogen-bond donors (Lipinski definition) is 1. The lowest BCUT2D eigenvalue weighted by Gasteiger charge is -2.31. The molecule has 1 N–H and O–H groups in total. The van der Waals surface area contributed by atoms with Gasteiger partial charge in [0.1, 0.15) is 0 Å². The van der Waals surface area contributed by atoms with Gasteiger partial charge in [-0.2, -0.15) is 0 Å². The Bertz CT molecular complexity index is 332. The van der Waals surface area contributed by atoms with Crippen molar-refractivity contribution < 1.29 is 13.9 Å². The Morgan fingerprint density at radius 3 is 2.62 bits per heavy atom. The van der Waals surface area contributed by atoms with Gasteiger partial charge in [-0.1, -0.05) is 6.07 Å². The van der Waals surface area contributed by atoms with E-state index < -0.39 is 12.0 Å². The van der Waals surface area contributed by atoms with E-state index in [1.165, 1.54) is 0 Å². The standard InChI is InChI=1S/C12H15F2NO/c13-12(14)5-3-9(4-6-12)11(16)10-2-1-7-15-8-10/h1-2,7-9,11,16H,3-6H2. The fourth-order valence-electron chi connectivity index (χ4n) is 2.20. The molecule has 0 spiro atoms. The Morgan fingerprint density at radius 1 is 1.38 bits per heavy atom. The van der Waals surface area contributed by atoms with Gasteiger partial charge in [0.2, 0.25) is 5.92 Å². The second-order valence-electron chi connectivity index (χ2n) is 4.42. The van der Waals surface area contributed by atoms with Crippen LogP contribution in [0, 0.1) is 5.92 Å². The average Bonchev–Trinajstić information content (AvgIpc) is 2.29. The first kappa shape index (κ1) is 11.5. The molecule has 1 fully saturated rings. The topological polar surface area (TPSA) is 33.1 Å². The van der Waals surface area contributed by atoms with Crippen LogP contribution >= 0.6 is 0 Å². The van der Waals surface area contributed by atoms with Crippen molar-refractivity contribution in [1.82, 2.24) is 4.98 Å². The minimum absolute atomic E-state index is 0.0659. The molecule has 1 heterocycles. The van der Waals surface area contributed by atoms with E-state index in [2.05, 4.69) is 4.98 Å². The summed E-state index contributed by atoms with van der Waals surface area (Å²) in [6.07, 6.45) is 3.09. The molecule has 0 radical (unpaired) electrons. The van der Waals surface area contributed by atoms with Gasteiger partial charge in [0.25, 0.3) is 0 Å². The van der Waals surface area contributed by atoms with Gasteiger partial charge < -0.3 is 5.11 Å². The average molecular weight is 227 g/mol. The van der Waals surface area contributed by atoms with Gasteiger partial charge in [-0.15, -0.1) is 0 Å². The lowest BCUT2D eigenvalue weighted by Crippen LogP contribution is -2.27.